The van der Waals surface area contributed by atoms with E-state index in [1.165, 1.54) is 18.0 Å². The van der Waals surface area contributed by atoms with Crippen LogP contribution in [-0.4, -0.2) is 42.8 Å². The third-order valence-corrected chi connectivity index (χ3v) is 3.92. The minimum Gasteiger partial charge on any atom is -0.343 e. The van der Waals surface area contributed by atoms with Crippen molar-refractivity contribution in [1.29, 1.82) is 0 Å². The summed E-state index contributed by atoms with van der Waals surface area (Å²) in [5.41, 5.74) is 1.36. The van der Waals surface area contributed by atoms with Crippen molar-refractivity contribution in [1.82, 2.24) is 10.2 Å². The van der Waals surface area contributed by atoms with Gasteiger partial charge in [0.25, 0.3) is 0 Å². The van der Waals surface area contributed by atoms with Crippen molar-refractivity contribution in [3.63, 3.8) is 0 Å². The van der Waals surface area contributed by atoms with Crippen LogP contribution in [0.1, 0.15) is 5.56 Å². The lowest BCUT2D eigenvalue weighted by molar-refractivity contribution is -0.133. The minimum atomic E-state index is -0.388. The highest BCUT2D eigenvalue weighted by Crippen LogP contribution is 2.20. The van der Waals surface area contributed by atoms with Gasteiger partial charge in [-0.2, -0.15) is 0 Å². The summed E-state index contributed by atoms with van der Waals surface area (Å²) in [6, 6.07) is 16.2. The number of nitrogens with one attached hydrogen (secondary N) is 2. The summed E-state index contributed by atoms with van der Waals surface area (Å²) in [6.45, 7) is -0.354. The zero-order chi connectivity index (χ0) is 19.6. The van der Waals surface area contributed by atoms with E-state index in [1.54, 1.807) is 30.3 Å². The Morgan fingerprint density at radius 3 is 2.41 bits per heavy atom. The molecule has 0 atom stereocenters. The van der Waals surface area contributed by atoms with E-state index in [1.807, 2.05) is 30.3 Å². The van der Waals surface area contributed by atoms with E-state index in [4.69, 9.17) is 11.6 Å². The van der Waals surface area contributed by atoms with Gasteiger partial charge in [-0.25, -0.2) is 0 Å². The Morgan fingerprint density at radius 1 is 1.04 bits per heavy atom. The number of para-hydroxylation sites is 1. The lowest BCUT2D eigenvalue weighted by Gasteiger charge is -2.17. The molecular weight excluding hydrogens is 366 g/mol. The van der Waals surface area contributed by atoms with Crippen LogP contribution in [0.4, 0.5) is 5.69 Å². The largest absolute Gasteiger partial charge is 0.343 e. The summed E-state index contributed by atoms with van der Waals surface area (Å²) >= 11 is 5.98. The highest BCUT2D eigenvalue weighted by atomic mass is 35.5. The molecule has 0 heterocycles. The molecule has 3 amide bonds. The number of likely N-dealkylation sites (N-methyl/N-ethyl adjacent to an activating group) is 1. The number of rotatable bonds is 7. The molecule has 0 aliphatic rings. The van der Waals surface area contributed by atoms with Crippen molar-refractivity contribution in [2.75, 3.05) is 25.5 Å². The Balaban J connectivity index is 1.76. The first-order valence-electron chi connectivity index (χ1n) is 8.25. The number of anilines is 1. The predicted molar refractivity (Wildman–Crippen MR) is 106 cm³/mol. The van der Waals surface area contributed by atoms with Gasteiger partial charge >= 0.3 is 0 Å². The monoisotopic (exact) mass is 385 g/mol. The number of nitrogens with zero attached hydrogens (tertiary/aromatic N) is 1. The van der Waals surface area contributed by atoms with Crippen molar-refractivity contribution in [2.45, 2.75) is 0 Å². The van der Waals surface area contributed by atoms with Crippen LogP contribution in [0.25, 0.3) is 6.08 Å². The van der Waals surface area contributed by atoms with Crippen LogP contribution in [0, 0.1) is 0 Å². The standard InChI is InChI=1S/C20H20ClN3O3/c1-24(14-19(26)23-17-10-6-5-9-16(17)21)20(27)13-22-18(25)12-11-15-7-3-2-4-8-15/h2-12H,13-14H2,1H3,(H,22,25)(H,23,26)/b12-11+. The lowest BCUT2D eigenvalue weighted by Crippen LogP contribution is -2.41. The summed E-state index contributed by atoms with van der Waals surface area (Å²) in [5.74, 6) is -1.15. The maximum Gasteiger partial charge on any atom is 0.244 e. The summed E-state index contributed by atoms with van der Waals surface area (Å²) in [6.07, 6.45) is 3.01. The number of benzene rings is 2. The van der Waals surface area contributed by atoms with Crippen LogP contribution >= 0.6 is 11.6 Å². The Kier molecular flexibility index (Phi) is 7.58. The van der Waals surface area contributed by atoms with Gasteiger partial charge in [0.1, 0.15) is 0 Å². The predicted octanol–water partition coefficient (Wildman–Crippen LogP) is 2.57. The molecule has 140 valence electrons. The van der Waals surface area contributed by atoms with E-state index in [0.29, 0.717) is 10.7 Å². The number of halogens is 1. The number of carbonyl (C=O) groups excluding carboxylic acids is 3. The summed E-state index contributed by atoms with van der Waals surface area (Å²) < 4.78 is 0. The van der Waals surface area contributed by atoms with Gasteiger partial charge in [-0.15, -0.1) is 0 Å². The fourth-order valence-corrected chi connectivity index (χ4v) is 2.33. The van der Waals surface area contributed by atoms with Gasteiger partial charge in [0.15, 0.2) is 0 Å². The normalized spacial score (nSPS) is 10.4. The minimum absolute atomic E-state index is 0.153. The Labute approximate surface area is 162 Å². The Bertz CT molecular complexity index is 837. The van der Waals surface area contributed by atoms with E-state index in [0.717, 1.165) is 5.56 Å². The number of carbonyl (C=O) groups is 3. The highest BCUT2D eigenvalue weighted by molar-refractivity contribution is 6.33. The molecule has 0 aliphatic carbocycles. The molecule has 0 aromatic heterocycles. The number of hydrogen-bond donors (Lipinski definition) is 2. The molecule has 0 saturated carbocycles. The van der Waals surface area contributed by atoms with Gasteiger partial charge in [0, 0.05) is 13.1 Å². The first-order chi connectivity index (χ1) is 13.0. The third kappa shape index (κ3) is 6.95. The maximum absolute atomic E-state index is 12.1. The third-order valence-electron chi connectivity index (χ3n) is 3.60. The quantitative estimate of drug-likeness (QED) is 0.719. The summed E-state index contributed by atoms with van der Waals surface area (Å²) in [5, 5.41) is 5.55. The molecule has 27 heavy (non-hydrogen) atoms. The average Bonchev–Trinajstić information content (AvgIpc) is 2.67. The van der Waals surface area contributed by atoms with Crippen LogP contribution in [0.3, 0.4) is 0 Å². The molecule has 0 spiro atoms. The van der Waals surface area contributed by atoms with E-state index in [2.05, 4.69) is 10.6 Å². The van der Waals surface area contributed by atoms with Crippen LogP contribution < -0.4 is 10.6 Å². The van der Waals surface area contributed by atoms with Crippen molar-refractivity contribution in [3.8, 4) is 0 Å². The van der Waals surface area contributed by atoms with Crippen molar-refractivity contribution in [3.05, 3.63) is 71.3 Å². The van der Waals surface area contributed by atoms with Crippen molar-refractivity contribution in [2.24, 2.45) is 0 Å². The molecular formula is C20H20ClN3O3. The lowest BCUT2D eigenvalue weighted by atomic mass is 10.2. The molecule has 0 aliphatic heterocycles. The Morgan fingerprint density at radius 2 is 1.70 bits per heavy atom. The first kappa shape index (κ1) is 20.2. The molecule has 2 rings (SSSR count). The van der Waals surface area contributed by atoms with Gasteiger partial charge in [-0.1, -0.05) is 54.1 Å². The smallest absolute Gasteiger partial charge is 0.244 e. The maximum atomic E-state index is 12.1. The fraction of sp³-hybridized carbons (Fsp3) is 0.150. The molecule has 0 radical (unpaired) electrons. The van der Waals surface area contributed by atoms with Gasteiger partial charge in [0.2, 0.25) is 17.7 Å². The molecule has 0 fully saturated rings. The molecule has 2 aromatic rings. The van der Waals surface area contributed by atoms with Crippen LogP contribution in [-0.2, 0) is 14.4 Å². The molecule has 6 nitrogen and oxygen atoms in total. The summed E-state index contributed by atoms with van der Waals surface area (Å²) in [4.78, 5) is 37.1. The van der Waals surface area contributed by atoms with Gasteiger partial charge in [0.05, 0.1) is 23.8 Å². The molecule has 0 saturated heterocycles. The number of amides is 3. The average molecular weight is 386 g/mol. The second kappa shape index (κ2) is 10.1. The van der Waals surface area contributed by atoms with E-state index in [-0.39, 0.29) is 30.8 Å². The van der Waals surface area contributed by atoms with E-state index >= 15 is 0 Å². The second-order valence-electron chi connectivity index (χ2n) is 5.74. The second-order valence-corrected chi connectivity index (χ2v) is 6.15. The van der Waals surface area contributed by atoms with E-state index in [9.17, 15) is 14.4 Å². The first-order valence-corrected chi connectivity index (χ1v) is 8.63. The van der Waals surface area contributed by atoms with Crippen LogP contribution in [0.2, 0.25) is 5.02 Å². The summed E-state index contributed by atoms with van der Waals surface area (Å²) in [7, 11) is 1.49. The zero-order valence-electron chi connectivity index (χ0n) is 14.8. The topological polar surface area (TPSA) is 78.5 Å². The van der Waals surface area contributed by atoms with Crippen molar-refractivity contribution >= 4 is 41.1 Å². The van der Waals surface area contributed by atoms with Gasteiger partial charge in [-0.3, -0.25) is 14.4 Å². The van der Waals surface area contributed by atoms with Gasteiger partial charge in [-0.05, 0) is 23.8 Å². The Hall–Kier alpha value is -3.12. The molecule has 0 unspecified atom stereocenters. The molecule has 2 N–H and O–H groups in total. The van der Waals surface area contributed by atoms with Crippen LogP contribution in [0.5, 0.6) is 0 Å². The van der Waals surface area contributed by atoms with E-state index < -0.39 is 0 Å². The molecule has 0 bridgehead atoms. The van der Waals surface area contributed by atoms with Gasteiger partial charge < -0.3 is 15.5 Å². The fourth-order valence-electron chi connectivity index (χ4n) is 2.15. The van der Waals surface area contributed by atoms with Crippen LogP contribution in [0.15, 0.2) is 60.7 Å². The molecule has 2 aromatic carbocycles. The molecule has 7 heteroatoms. The van der Waals surface area contributed by atoms with Crippen molar-refractivity contribution < 1.29 is 14.4 Å². The SMILES string of the molecule is CN(CC(=O)Nc1ccccc1Cl)C(=O)CNC(=O)/C=C/c1ccccc1. The number of hydrogen-bond acceptors (Lipinski definition) is 3. The highest BCUT2D eigenvalue weighted by Gasteiger charge is 2.14. The zero-order valence-corrected chi connectivity index (χ0v) is 15.6.